The minimum Gasteiger partial charge on any atom is -0.367 e. The average molecular weight is 216 g/mol. The maximum absolute atomic E-state index is 9.11. The van der Waals surface area contributed by atoms with Gasteiger partial charge in [0.05, 0.1) is 5.69 Å². The molecule has 4 heteroatoms. The molecule has 0 atom stereocenters. The fourth-order valence-corrected chi connectivity index (χ4v) is 1.56. The summed E-state index contributed by atoms with van der Waals surface area (Å²) >= 11 is 0. The maximum atomic E-state index is 9.11. The molecule has 1 fully saturated rings. The molecule has 16 heavy (non-hydrogen) atoms. The highest BCUT2D eigenvalue weighted by Gasteiger charge is 2.37. The molecule has 1 aliphatic carbocycles. The van der Waals surface area contributed by atoms with E-state index in [0.717, 1.165) is 17.8 Å². The SMILES string of the molecule is Cc1nnc(NCC2(C)CC2)c(C#N)c1C. The molecule has 0 bridgehead atoms. The van der Waals surface area contributed by atoms with Crippen LogP contribution < -0.4 is 5.32 Å². The van der Waals surface area contributed by atoms with E-state index >= 15 is 0 Å². The molecule has 1 aromatic rings. The fourth-order valence-electron chi connectivity index (χ4n) is 1.56. The number of anilines is 1. The summed E-state index contributed by atoms with van der Waals surface area (Å²) in [5, 5.41) is 20.5. The molecule has 0 aromatic carbocycles. The van der Waals surface area contributed by atoms with Crippen molar-refractivity contribution in [2.45, 2.75) is 33.6 Å². The Bertz CT molecular complexity index is 455. The first kappa shape index (κ1) is 10.9. The Kier molecular flexibility index (Phi) is 2.55. The summed E-state index contributed by atoms with van der Waals surface area (Å²) in [5.41, 5.74) is 2.75. The molecule has 4 nitrogen and oxygen atoms in total. The maximum Gasteiger partial charge on any atom is 0.166 e. The Morgan fingerprint density at radius 1 is 1.38 bits per heavy atom. The van der Waals surface area contributed by atoms with Crippen LogP contribution in [-0.4, -0.2) is 16.7 Å². The second-order valence-corrected chi connectivity index (χ2v) is 4.91. The third kappa shape index (κ3) is 1.99. The van der Waals surface area contributed by atoms with Crippen LogP contribution in [0.1, 0.15) is 36.6 Å². The van der Waals surface area contributed by atoms with Gasteiger partial charge in [-0.2, -0.15) is 10.4 Å². The zero-order valence-electron chi connectivity index (χ0n) is 9.96. The van der Waals surface area contributed by atoms with Crippen molar-refractivity contribution in [2.24, 2.45) is 5.41 Å². The largest absolute Gasteiger partial charge is 0.367 e. The average Bonchev–Trinajstić information content (AvgIpc) is 2.99. The van der Waals surface area contributed by atoms with Crippen LogP contribution >= 0.6 is 0 Å². The molecule has 84 valence electrons. The number of hydrogen-bond donors (Lipinski definition) is 1. The van der Waals surface area contributed by atoms with Crippen LogP contribution in [0.3, 0.4) is 0 Å². The van der Waals surface area contributed by atoms with Crippen LogP contribution in [-0.2, 0) is 0 Å². The molecular weight excluding hydrogens is 200 g/mol. The van der Waals surface area contributed by atoms with E-state index in [4.69, 9.17) is 5.26 Å². The van der Waals surface area contributed by atoms with Crippen molar-refractivity contribution >= 4 is 5.82 Å². The molecule has 1 saturated carbocycles. The minimum atomic E-state index is 0.396. The van der Waals surface area contributed by atoms with Crippen molar-refractivity contribution in [2.75, 3.05) is 11.9 Å². The molecule has 0 unspecified atom stereocenters. The standard InChI is InChI=1S/C12H16N4/c1-8-9(2)15-16-11(10(8)6-13)14-7-12(3)4-5-12/h4-5,7H2,1-3H3,(H,14,16). The summed E-state index contributed by atoms with van der Waals surface area (Å²) in [6.07, 6.45) is 2.50. The topological polar surface area (TPSA) is 61.6 Å². The highest BCUT2D eigenvalue weighted by molar-refractivity contribution is 5.55. The van der Waals surface area contributed by atoms with Crippen LogP contribution in [0.15, 0.2) is 0 Å². The lowest BCUT2D eigenvalue weighted by Gasteiger charge is -2.12. The van der Waals surface area contributed by atoms with Gasteiger partial charge in [0.15, 0.2) is 5.82 Å². The summed E-state index contributed by atoms with van der Waals surface area (Å²) in [7, 11) is 0. The van der Waals surface area contributed by atoms with Crippen molar-refractivity contribution in [1.82, 2.24) is 10.2 Å². The molecule has 1 N–H and O–H groups in total. The van der Waals surface area contributed by atoms with Crippen LogP contribution in [0.4, 0.5) is 5.82 Å². The summed E-state index contributed by atoms with van der Waals surface area (Å²) in [6, 6.07) is 2.20. The second kappa shape index (κ2) is 3.75. The minimum absolute atomic E-state index is 0.396. The first-order valence-corrected chi connectivity index (χ1v) is 5.54. The number of nitrogens with one attached hydrogen (secondary N) is 1. The number of nitrogens with zero attached hydrogens (tertiary/aromatic N) is 3. The molecular formula is C12H16N4. The molecule has 0 amide bonds. The van der Waals surface area contributed by atoms with Gasteiger partial charge in [0.25, 0.3) is 0 Å². The van der Waals surface area contributed by atoms with Crippen LogP contribution in [0, 0.1) is 30.6 Å². The number of aromatic nitrogens is 2. The van der Waals surface area contributed by atoms with Gasteiger partial charge in [0.1, 0.15) is 11.6 Å². The van der Waals surface area contributed by atoms with Gasteiger partial charge >= 0.3 is 0 Å². The normalized spacial score (nSPS) is 16.6. The Morgan fingerprint density at radius 3 is 2.62 bits per heavy atom. The highest BCUT2D eigenvalue weighted by Crippen LogP contribution is 2.44. The molecule has 0 radical (unpaired) electrons. The number of hydrogen-bond acceptors (Lipinski definition) is 4. The molecule has 2 rings (SSSR count). The van der Waals surface area contributed by atoms with Crippen molar-refractivity contribution in [3.63, 3.8) is 0 Å². The molecule has 1 aliphatic rings. The number of rotatable bonds is 3. The van der Waals surface area contributed by atoms with Crippen LogP contribution in [0.25, 0.3) is 0 Å². The van der Waals surface area contributed by atoms with Gasteiger partial charge in [-0.1, -0.05) is 6.92 Å². The van der Waals surface area contributed by atoms with E-state index in [9.17, 15) is 0 Å². The van der Waals surface area contributed by atoms with E-state index in [1.807, 2.05) is 13.8 Å². The van der Waals surface area contributed by atoms with Gasteiger partial charge in [0, 0.05) is 6.54 Å². The Morgan fingerprint density at radius 2 is 2.06 bits per heavy atom. The van der Waals surface area contributed by atoms with E-state index in [1.165, 1.54) is 12.8 Å². The predicted octanol–water partition coefficient (Wildman–Crippen LogP) is 2.18. The Balaban J connectivity index is 2.20. The van der Waals surface area contributed by atoms with Gasteiger partial charge in [0.2, 0.25) is 0 Å². The van der Waals surface area contributed by atoms with E-state index in [2.05, 4.69) is 28.5 Å². The number of nitriles is 1. The van der Waals surface area contributed by atoms with Crippen LogP contribution in [0.2, 0.25) is 0 Å². The smallest absolute Gasteiger partial charge is 0.166 e. The van der Waals surface area contributed by atoms with Gasteiger partial charge in [-0.3, -0.25) is 0 Å². The molecule has 1 heterocycles. The van der Waals surface area contributed by atoms with Crippen molar-refractivity contribution in [3.05, 3.63) is 16.8 Å². The lowest BCUT2D eigenvalue weighted by atomic mass is 10.1. The molecule has 0 spiro atoms. The van der Waals surface area contributed by atoms with Crippen LogP contribution in [0.5, 0.6) is 0 Å². The summed E-state index contributed by atoms with van der Waals surface area (Å²) in [5.74, 6) is 0.624. The van der Waals surface area contributed by atoms with E-state index in [-0.39, 0.29) is 0 Å². The zero-order valence-corrected chi connectivity index (χ0v) is 9.96. The van der Waals surface area contributed by atoms with Gasteiger partial charge in [-0.15, -0.1) is 5.10 Å². The lowest BCUT2D eigenvalue weighted by Crippen LogP contribution is -2.15. The van der Waals surface area contributed by atoms with E-state index in [1.54, 1.807) is 0 Å². The second-order valence-electron chi connectivity index (χ2n) is 4.91. The monoisotopic (exact) mass is 216 g/mol. The third-order valence-corrected chi connectivity index (χ3v) is 3.35. The first-order valence-electron chi connectivity index (χ1n) is 5.54. The van der Waals surface area contributed by atoms with Crippen molar-refractivity contribution in [3.8, 4) is 6.07 Å². The third-order valence-electron chi connectivity index (χ3n) is 3.35. The summed E-state index contributed by atoms with van der Waals surface area (Å²) < 4.78 is 0. The summed E-state index contributed by atoms with van der Waals surface area (Å²) in [6.45, 7) is 6.89. The van der Waals surface area contributed by atoms with Gasteiger partial charge in [-0.05, 0) is 37.7 Å². The fraction of sp³-hybridized carbons (Fsp3) is 0.583. The van der Waals surface area contributed by atoms with E-state index in [0.29, 0.717) is 16.8 Å². The highest BCUT2D eigenvalue weighted by atomic mass is 15.2. The Labute approximate surface area is 95.7 Å². The zero-order chi connectivity index (χ0) is 11.8. The van der Waals surface area contributed by atoms with Crippen molar-refractivity contribution in [1.29, 1.82) is 5.26 Å². The first-order chi connectivity index (χ1) is 7.56. The van der Waals surface area contributed by atoms with Gasteiger partial charge < -0.3 is 5.32 Å². The lowest BCUT2D eigenvalue weighted by molar-refractivity contribution is 0.608. The van der Waals surface area contributed by atoms with E-state index < -0.39 is 0 Å². The van der Waals surface area contributed by atoms with Gasteiger partial charge in [-0.25, -0.2) is 0 Å². The predicted molar refractivity (Wildman–Crippen MR) is 62.1 cm³/mol. The quantitative estimate of drug-likeness (QED) is 0.841. The Hall–Kier alpha value is -1.63. The van der Waals surface area contributed by atoms with Crippen molar-refractivity contribution < 1.29 is 0 Å². The summed E-state index contributed by atoms with van der Waals surface area (Å²) in [4.78, 5) is 0. The molecule has 0 saturated heterocycles. The molecule has 0 aliphatic heterocycles. The molecule has 1 aromatic heterocycles. The number of aryl methyl sites for hydroxylation is 1.